The average molecular weight is 293 g/mol. The van der Waals surface area contributed by atoms with Gasteiger partial charge >= 0.3 is 5.97 Å². The zero-order valence-corrected chi connectivity index (χ0v) is 12.8. The molecule has 1 aromatic rings. The van der Waals surface area contributed by atoms with E-state index in [1.807, 2.05) is 0 Å². The third kappa shape index (κ3) is 4.27. The maximum absolute atomic E-state index is 13.8. The Bertz CT molecular complexity index is 496. The van der Waals surface area contributed by atoms with Crippen LogP contribution in [0.15, 0.2) is 18.2 Å². The molecular formula is C17H24FNO2. The van der Waals surface area contributed by atoms with Crippen LogP contribution in [0.2, 0.25) is 0 Å². The average Bonchev–Trinajstić information content (AvgIpc) is 2.90. The largest absolute Gasteiger partial charge is 0.478 e. The third-order valence-electron chi connectivity index (χ3n) is 4.09. The number of aromatic carboxylic acids is 1. The highest BCUT2D eigenvalue weighted by Gasteiger charge is 2.23. The molecule has 1 aromatic carbocycles. The molecule has 0 radical (unpaired) electrons. The molecule has 1 aliphatic carbocycles. The summed E-state index contributed by atoms with van der Waals surface area (Å²) in [4.78, 5) is 13.3. The fourth-order valence-corrected chi connectivity index (χ4v) is 3.15. The van der Waals surface area contributed by atoms with Crippen molar-refractivity contribution < 1.29 is 14.3 Å². The van der Waals surface area contributed by atoms with E-state index in [1.54, 1.807) is 6.07 Å². The minimum atomic E-state index is -1.21. The number of halogens is 1. The molecule has 0 aliphatic heterocycles. The van der Waals surface area contributed by atoms with Gasteiger partial charge in [-0.1, -0.05) is 32.8 Å². The Balaban J connectivity index is 2.12. The van der Waals surface area contributed by atoms with Crippen molar-refractivity contribution in [2.75, 3.05) is 6.54 Å². The summed E-state index contributed by atoms with van der Waals surface area (Å²) in [5, 5.41) is 8.88. The van der Waals surface area contributed by atoms with E-state index in [9.17, 15) is 9.18 Å². The Morgan fingerprint density at radius 1 is 1.38 bits per heavy atom. The lowest BCUT2D eigenvalue weighted by molar-refractivity contribution is 0.0692. The first-order valence-corrected chi connectivity index (χ1v) is 7.73. The summed E-state index contributed by atoms with van der Waals surface area (Å²) in [6.07, 6.45) is 4.96. The van der Waals surface area contributed by atoms with Gasteiger partial charge in [0.15, 0.2) is 0 Å². The van der Waals surface area contributed by atoms with Crippen molar-refractivity contribution in [1.82, 2.24) is 4.90 Å². The predicted molar refractivity (Wildman–Crippen MR) is 80.9 cm³/mol. The van der Waals surface area contributed by atoms with E-state index < -0.39 is 11.8 Å². The molecule has 1 N–H and O–H groups in total. The van der Waals surface area contributed by atoms with Crippen molar-refractivity contribution in [1.29, 1.82) is 0 Å². The Kier molecular flexibility index (Phi) is 5.34. The van der Waals surface area contributed by atoms with Gasteiger partial charge in [-0.25, -0.2) is 9.18 Å². The van der Waals surface area contributed by atoms with Crippen LogP contribution in [-0.4, -0.2) is 28.6 Å². The smallest absolute Gasteiger partial charge is 0.338 e. The molecule has 3 nitrogen and oxygen atoms in total. The lowest BCUT2D eigenvalue weighted by Crippen LogP contribution is -2.35. The molecule has 0 heterocycles. The maximum atomic E-state index is 13.8. The molecule has 1 aliphatic rings. The number of carboxylic acids is 1. The molecule has 0 saturated heterocycles. The van der Waals surface area contributed by atoms with Crippen molar-refractivity contribution in [3.63, 3.8) is 0 Å². The number of rotatable bonds is 6. The first kappa shape index (κ1) is 16.0. The third-order valence-corrected chi connectivity index (χ3v) is 4.09. The molecule has 4 heteroatoms. The Labute approximate surface area is 125 Å². The highest BCUT2D eigenvalue weighted by molar-refractivity contribution is 5.87. The summed E-state index contributed by atoms with van der Waals surface area (Å²) in [7, 11) is 0. The van der Waals surface area contributed by atoms with Crippen molar-refractivity contribution in [3.05, 3.63) is 35.1 Å². The van der Waals surface area contributed by atoms with Crippen molar-refractivity contribution in [2.24, 2.45) is 5.92 Å². The molecule has 0 unspecified atom stereocenters. The normalized spacial score (nSPS) is 16.0. The van der Waals surface area contributed by atoms with Gasteiger partial charge in [-0.2, -0.15) is 0 Å². The van der Waals surface area contributed by atoms with Gasteiger partial charge in [0, 0.05) is 19.1 Å². The Hall–Kier alpha value is -1.42. The molecule has 0 bridgehead atoms. The number of carboxylic acid groups (broad SMARTS) is 1. The van der Waals surface area contributed by atoms with Crippen LogP contribution < -0.4 is 0 Å². The van der Waals surface area contributed by atoms with Crippen molar-refractivity contribution in [2.45, 2.75) is 52.1 Å². The number of benzene rings is 1. The molecule has 0 spiro atoms. The van der Waals surface area contributed by atoms with Crippen LogP contribution >= 0.6 is 0 Å². The molecule has 1 saturated carbocycles. The van der Waals surface area contributed by atoms with Crippen LogP contribution in [0.3, 0.4) is 0 Å². The van der Waals surface area contributed by atoms with E-state index in [0.29, 0.717) is 18.5 Å². The second kappa shape index (κ2) is 7.03. The highest BCUT2D eigenvalue weighted by Crippen LogP contribution is 2.26. The van der Waals surface area contributed by atoms with Crippen molar-refractivity contribution in [3.8, 4) is 0 Å². The van der Waals surface area contributed by atoms with Gasteiger partial charge in [0.05, 0.1) is 5.56 Å². The fourth-order valence-electron chi connectivity index (χ4n) is 3.15. The van der Waals surface area contributed by atoms with Crippen molar-refractivity contribution >= 4 is 5.97 Å². The molecule has 21 heavy (non-hydrogen) atoms. The van der Waals surface area contributed by atoms with Crippen LogP contribution in [0.25, 0.3) is 0 Å². The van der Waals surface area contributed by atoms with E-state index in [2.05, 4.69) is 18.7 Å². The summed E-state index contributed by atoms with van der Waals surface area (Å²) >= 11 is 0. The summed E-state index contributed by atoms with van der Waals surface area (Å²) in [6.45, 7) is 6.07. The van der Waals surface area contributed by atoms with Gasteiger partial charge < -0.3 is 5.11 Å². The standard InChI is InChI=1S/C17H24FNO2/c1-12(2)10-19(14-5-3-4-6-14)11-13-7-8-15(17(20)21)16(18)9-13/h7-9,12,14H,3-6,10-11H2,1-2H3,(H,20,21). The molecule has 1 fully saturated rings. The quantitative estimate of drug-likeness (QED) is 0.864. The Morgan fingerprint density at radius 3 is 2.57 bits per heavy atom. The lowest BCUT2D eigenvalue weighted by Gasteiger charge is -2.30. The molecule has 0 amide bonds. The van der Waals surface area contributed by atoms with E-state index in [1.165, 1.54) is 37.8 Å². The molecule has 0 atom stereocenters. The lowest BCUT2D eigenvalue weighted by atomic mass is 10.1. The van der Waals surface area contributed by atoms with Gasteiger partial charge in [0.25, 0.3) is 0 Å². The van der Waals surface area contributed by atoms with E-state index in [4.69, 9.17) is 5.11 Å². The number of carbonyl (C=O) groups is 1. The second-order valence-electron chi connectivity index (χ2n) is 6.38. The van der Waals surface area contributed by atoms with Crippen LogP contribution in [0.4, 0.5) is 4.39 Å². The van der Waals surface area contributed by atoms with Gasteiger partial charge in [-0.15, -0.1) is 0 Å². The topological polar surface area (TPSA) is 40.5 Å². The minimum Gasteiger partial charge on any atom is -0.478 e. The van der Waals surface area contributed by atoms with Crippen LogP contribution in [0.1, 0.15) is 55.5 Å². The zero-order chi connectivity index (χ0) is 15.4. The van der Waals surface area contributed by atoms with Gasteiger partial charge in [0.1, 0.15) is 5.82 Å². The van der Waals surface area contributed by atoms with Gasteiger partial charge in [-0.05, 0) is 36.5 Å². The van der Waals surface area contributed by atoms with Crippen LogP contribution in [-0.2, 0) is 6.54 Å². The summed E-state index contributed by atoms with van der Waals surface area (Å²) in [6, 6.07) is 5.05. The fraction of sp³-hybridized carbons (Fsp3) is 0.588. The maximum Gasteiger partial charge on any atom is 0.338 e. The molecule has 2 rings (SSSR count). The number of hydrogen-bond acceptors (Lipinski definition) is 2. The highest BCUT2D eigenvalue weighted by atomic mass is 19.1. The predicted octanol–water partition coefficient (Wildman–Crippen LogP) is 3.92. The summed E-state index contributed by atoms with van der Waals surface area (Å²) < 4.78 is 13.8. The minimum absolute atomic E-state index is 0.255. The van der Waals surface area contributed by atoms with E-state index >= 15 is 0 Å². The van der Waals surface area contributed by atoms with Gasteiger partial charge in [0.2, 0.25) is 0 Å². The second-order valence-corrected chi connectivity index (χ2v) is 6.38. The number of nitrogens with zero attached hydrogens (tertiary/aromatic N) is 1. The first-order valence-electron chi connectivity index (χ1n) is 7.73. The van der Waals surface area contributed by atoms with Crippen LogP contribution in [0.5, 0.6) is 0 Å². The Morgan fingerprint density at radius 2 is 2.05 bits per heavy atom. The molecule has 0 aromatic heterocycles. The monoisotopic (exact) mass is 293 g/mol. The molecule has 116 valence electrons. The van der Waals surface area contributed by atoms with Crippen LogP contribution in [0, 0.1) is 11.7 Å². The zero-order valence-electron chi connectivity index (χ0n) is 12.8. The first-order chi connectivity index (χ1) is 9.97. The summed E-state index contributed by atoms with van der Waals surface area (Å²) in [5.74, 6) is -1.29. The molecular weight excluding hydrogens is 269 g/mol. The SMILES string of the molecule is CC(C)CN(Cc1ccc(C(=O)O)c(F)c1)C1CCCC1. The van der Waals surface area contributed by atoms with Gasteiger partial charge in [-0.3, -0.25) is 4.90 Å². The van der Waals surface area contributed by atoms with E-state index in [0.717, 1.165) is 12.1 Å². The summed E-state index contributed by atoms with van der Waals surface area (Å²) in [5.41, 5.74) is 0.597. The van der Waals surface area contributed by atoms with E-state index in [-0.39, 0.29) is 5.56 Å². The number of hydrogen-bond donors (Lipinski definition) is 1.